The zero-order valence-corrected chi connectivity index (χ0v) is 10.0. The summed E-state index contributed by atoms with van der Waals surface area (Å²) < 4.78 is 10.8. The van der Waals surface area contributed by atoms with Crippen LogP contribution < -0.4 is 0 Å². The van der Waals surface area contributed by atoms with E-state index in [0.717, 1.165) is 26.2 Å². The van der Waals surface area contributed by atoms with Gasteiger partial charge in [0.15, 0.2) is 0 Å². The van der Waals surface area contributed by atoms with Crippen LogP contribution in [0.3, 0.4) is 0 Å². The van der Waals surface area contributed by atoms with Gasteiger partial charge in [-0.1, -0.05) is 0 Å². The van der Waals surface area contributed by atoms with E-state index in [9.17, 15) is 0 Å². The van der Waals surface area contributed by atoms with E-state index >= 15 is 0 Å². The van der Waals surface area contributed by atoms with Crippen LogP contribution >= 0.6 is 11.6 Å². The summed E-state index contributed by atoms with van der Waals surface area (Å²) in [6, 6.07) is 0. The maximum Gasteiger partial charge on any atom is 0.0749 e. The summed E-state index contributed by atoms with van der Waals surface area (Å²) in [6.45, 7) is 8.32. The number of halogens is 1. The van der Waals surface area contributed by atoms with Crippen molar-refractivity contribution in [2.24, 2.45) is 0 Å². The minimum absolute atomic E-state index is 0.102. The third-order valence-corrected chi connectivity index (χ3v) is 2.73. The highest BCUT2D eigenvalue weighted by Crippen LogP contribution is 2.13. The van der Waals surface area contributed by atoms with E-state index in [1.165, 1.54) is 0 Å². The van der Waals surface area contributed by atoms with Gasteiger partial charge in [-0.05, 0) is 13.8 Å². The van der Waals surface area contributed by atoms with Gasteiger partial charge >= 0.3 is 0 Å². The first-order valence-corrected chi connectivity index (χ1v) is 5.46. The van der Waals surface area contributed by atoms with Crippen LogP contribution in [0.1, 0.15) is 13.8 Å². The fourth-order valence-corrected chi connectivity index (χ4v) is 1.86. The Hall–Kier alpha value is 0.170. The van der Waals surface area contributed by atoms with Gasteiger partial charge in [-0.2, -0.15) is 0 Å². The van der Waals surface area contributed by atoms with Crippen molar-refractivity contribution in [2.75, 3.05) is 40.0 Å². The predicted molar refractivity (Wildman–Crippen MR) is 58.0 cm³/mol. The quantitative estimate of drug-likeness (QED) is 0.672. The van der Waals surface area contributed by atoms with Crippen LogP contribution in [0.4, 0.5) is 0 Å². The molecule has 1 atom stereocenters. The van der Waals surface area contributed by atoms with Crippen molar-refractivity contribution >= 4 is 11.6 Å². The number of hydrogen-bond acceptors (Lipinski definition) is 3. The normalized spacial score (nSPS) is 26.1. The molecule has 0 aromatic heterocycles. The Kier molecular flexibility index (Phi) is 4.64. The molecule has 0 aromatic carbocycles. The lowest BCUT2D eigenvalue weighted by Crippen LogP contribution is -2.42. The molecule has 0 bridgehead atoms. The van der Waals surface area contributed by atoms with E-state index in [2.05, 4.69) is 18.7 Å². The fourth-order valence-electron chi connectivity index (χ4n) is 1.58. The van der Waals surface area contributed by atoms with Gasteiger partial charge in [0.05, 0.1) is 24.2 Å². The van der Waals surface area contributed by atoms with Gasteiger partial charge < -0.3 is 9.47 Å². The maximum absolute atomic E-state index is 6.08. The van der Waals surface area contributed by atoms with Crippen molar-refractivity contribution < 1.29 is 9.47 Å². The highest BCUT2D eigenvalue weighted by atomic mass is 35.5. The van der Waals surface area contributed by atoms with Crippen LogP contribution in [0.25, 0.3) is 0 Å². The lowest BCUT2D eigenvalue weighted by molar-refractivity contribution is -0.00764. The number of alkyl halides is 1. The van der Waals surface area contributed by atoms with Crippen LogP contribution in [-0.2, 0) is 9.47 Å². The zero-order chi connectivity index (χ0) is 10.6. The number of methoxy groups -OCH3 is 1. The molecule has 0 aliphatic carbocycles. The smallest absolute Gasteiger partial charge is 0.0749 e. The molecule has 3 nitrogen and oxygen atoms in total. The summed E-state index contributed by atoms with van der Waals surface area (Å²) >= 11 is 6.08. The van der Waals surface area contributed by atoms with Gasteiger partial charge in [0.25, 0.3) is 0 Å². The minimum Gasteiger partial charge on any atom is -0.379 e. The first kappa shape index (κ1) is 12.2. The summed E-state index contributed by atoms with van der Waals surface area (Å²) in [5.41, 5.74) is -0.110. The molecule has 84 valence electrons. The Balaban J connectivity index is 2.42. The van der Waals surface area contributed by atoms with Gasteiger partial charge in [-0.15, -0.1) is 11.6 Å². The van der Waals surface area contributed by atoms with Gasteiger partial charge in [0.2, 0.25) is 0 Å². The molecule has 0 N–H and O–H groups in total. The van der Waals surface area contributed by atoms with E-state index in [0.29, 0.717) is 6.61 Å². The average Bonchev–Trinajstić information content (AvgIpc) is 2.29. The molecule has 1 aliphatic rings. The highest BCUT2D eigenvalue weighted by Gasteiger charge is 2.24. The molecular weight excluding hydrogens is 202 g/mol. The SMILES string of the molecule is COC(C)(C)CN1CCOCC(Cl)C1. The van der Waals surface area contributed by atoms with E-state index in [1.807, 2.05) is 0 Å². The molecule has 0 radical (unpaired) electrons. The Morgan fingerprint density at radius 3 is 2.93 bits per heavy atom. The Morgan fingerprint density at radius 2 is 2.29 bits per heavy atom. The zero-order valence-electron chi connectivity index (χ0n) is 9.25. The van der Waals surface area contributed by atoms with Gasteiger partial charge in [0, 0.05) is 26.7 Å². The van der Waals surface area contributed by atoms with Crippen molar-refractivity contribution in [3.8, 4) is 0 Å². The molecule has 0 spiro atoms. The summed E-state index contributed by atoms with van der Waals surface area (Å²) in [7, 11) is 1.74. The van der Waals surface area contributed by atoms with Gasteiger partial charge in [-0.3, -0.25) is 4.90 Å². The Bertz CT molecular complexity index is 176. The maximum atomic E-state index is 6.08. The van der Waals surface area contributed by atoms with E-state index < -0.39 is 0 Å². The van der Waals surface area contributed by atoms with Crippen LogP contribution in [0.15, 0.2) is 0 Å². The lowest BCUT2D eigenvalue weighted by Gasteiger charge is -2.31. The minimum atomic E-state index is -0.110. The number of nitrogens with zero attached hydrogens (tertiary/aromatic N) is 1. The topological polar surface area (TPSA) is 21.7 Å². The lowest BCUT2D eigenvalue weighted by atomic mass is 10.1. The molecule has 1 unspecified atom stereocenters. The number of hydrogen-bond donors (Lipinski definition) is 0. The second kappa shape index (κ2) is 5.31. The molecule has 1 heterocycles. The predicted octanol–water partition coefficient (Wildman–Crippen LogP) is 1.35. The standard InChI is InChI=1S/C10H20ClNO2/c1-10(2,13-3)8-12-4-5-14-7-9(11)6-12/h9H,4-8H2,1-3H3. The fraction of sp³-hybridized carbons (Fsp3) is 1.00. The highest BCUT2D eigenvalue weighted by molar-refractivity contribution is 6.20. The summed E-state index contributed by atoms with van der Waals surface area (Å²) in [4.78, 5) is 2.30. The first-order chi connectivity index (χ1) is 6.53. The molecule has 4 heteroatoms. The van der Waals surface area contributed by atoms with Gasteiger partial charge in [-0.25, -0.2) is 0 Å². The Labute approximate surface area is 91.3 Å². The number of rotatable bonds is 3. The van der Waals surface area contributed by atoms with Crippen molar-refractivity contribution in [1.82, 2.24) is 4.90 Å². The molecule has 0 aromatic rings. The van der Waals surface area contributed by atoms with Crippen LogP contribution in [0.5, 0.6) is 0 Å². The third kappa shape index (κ3) is 4.13. The second-order valence-electron chi connectivity index (χ2n) is 4.37. The molecular formula is C10H20ClNO2. The number of ether oxygens (including phenoxy) is 2. The van der Waals surface area contributed by atoms with Crippen molar-refractivity contribution in [3.05, 3.63) is 0 Å². The molecule has 1 aliphatic heterocycles. The monoisotopic (exact) mass is 221 g/mol. The Morgan fingerprint density at radius 1 is 1.57 bits per heavy atom. The van der Waals surface area contributed by atoms with E-state index in [1.54, 1.807) is 7.11 Å². The molecule has 0 saturated carbocycles. The van der Waals surface area contributed by atoms with Crippen LogP contribution in [0.2, 0.25) is 0 Å². The molecule has 1 fully saturated rings. The van der Waals surface area contributed by atoms with Gasteiger partial charge in [0.1, 0.15) is 0 Å². The largest absolute Gasteiger partial charge is 0.379 e. The summed E-state index contributed by atoms with van der Waals surface area (Å²) in [5, 5.41) is 0.102. The third-order valence-electron chi connectivity index (χ3n) is 2.46. The average molecular weight is 222 g/mol. The molecule has 1 saturated heterocycles. The van der Waals surface area contributed by atoms with Crippen molar-refractivity contribution in [3.63, 3.8) is 0 Å². The second-order valence-corrected chi connectivity index (χ2v) is 4.99. The molecule has 1 rings (SSSR count). The van der Waals surface area contributed by atoms with Crippen molar-refractivity contribution in [2.45, 2.75) is 24.8 Å². The summed E-state index contributed by atoms with van der Waals surface area (Å²) in [5.74, 6) is 0. The van der Waals surface area contributed by atoms with Crippen LogP contribution in [0, 0.1) is 0 Å². The van der Waals surface area contributed by atoms with E-state index in [-0.39, 0.29) is 11.0 Å². The van der Waals surface area contributed by atoms with Crippen molar-refractivity contribution in [1.29, 1.82) is 0 Å². The van der Waals surface area contributed by atoms with Crippen LogP contribution in [-0.4, -0.2) is 55.8 Å². The molecule has 14 heavy (non-hydrogen) atoms. The van der Waals surface area contributed by atoms with E-state index in [4.69, 9.17) is 21.1 Å². The summed E-state index contributed by atoms with van der Waals surface area (Å²) in [6.07, 6.45) is 0. The molecule has 0 amide bonds. The first-order valence-electron chi connectivity index (χ1n) is 5.03.